The molecule has 0 saturated carbocycles. The number of hydrogen-bond donors (Lipinski definition) is 2. The number of aromatic nitrogens is 2. The van der Waals surface area contributed by atoms with Crippen molar-refractivity contribution < 1.29 is 19.1 Å². The van der Waals surface area contributed by atoms with Crippen molar-refractivity contribution in [3.05, 3.63) is 72.1 Å². The van der Waals surface area contributed by atoms with Crippen LogP contribution in [0.5, 0.6) is 11.5 Å². The summed E-state index contributed by atoms with van der Waals surface area (Å²) in [5.74, 6) is -0.233. The summed E-state index contributed by atoms with van der Waals surface area (Å²) >= 11 is 0. The second-order valence-electron chi connectivity index (χ2n) is 6.81. The van der Waals surface area contributed by atoms with Gasteiger partial charge in [0.2, 0.25) is 0 Å². The fourth-order valence-corrected chi connectivity index (χ4v) is 3.04. The molecule has 8 heteroatoms. The summed E-state index contributed by atoms with van der Waals surface area (Å²) in [7, 11) is 4.00. The van der Waals surface area contributed by atoms with Crippen molar-refractivity contribution in [1.82, 2.24) is 9.97 Å². The molecule has 30 heavy (non-hydrogen) atoms. The number of hydrogen-bond acceptors (Lipinski definition) is 7. The quantitative estimate of drug-likeness (QED) is 0.468. The number of fused-ring (bicyclic) bond motifs is 1. The lowest BCUT2D eigenvalue weighted by atomic mass is 10.1. The van der Waals surface area contributed by atoms with Gasteiger partial charge in [-0.1, -0.05) is 18.2 Å². The van der Waals surface area contributed by atoms with Crippen LogP contribution in [-0.2, 0) is 6.54 Å². The fourth-order valence-electron chi connectivity index (χ4n) is 3.04. The third kappa shape index (κ3) is 4.17. The third-order valence-electron chi connectivity index (χ3n) is 4.45. The van der Waals surface area contributed by atoms with Crippen molar-refractivity contribution in [2.24, 2.45) is 0 Å². The van der Waals surface area contributed by atoms with Gasteiger partial charge in [0.15, 0.2) is 11.3 Å². The molecule has 0 aliphatic heterocycles. The molecule has 4 rings (SSSR count). The predicted octanol–water partition coefficient (Wildman–Crippen LogP) is 4.39. The Labute approximate surface area is 172 Å². The number of carboxylic acid groups (broad SMARTS) is 1. The largest absolute Gasteiger partial charge is 0.477 e. The van der Waals surface area contributed by atoms with E-state index in [-0.39, 0.29) is 5.69 Å². The smallest absolute Gasteiger partial charge is 0.354 e. The van der Waals surface area contributed by atoms with Crippen molar-refractivity contribution in [1.29, 1.82) is 0 Å². The molecule has 0 unspecified atom stereocenters. The molecule has 0 fully saturated rings. The number of para-hydroxylation sites is 1. The molecule has 2 N–H and O–H groups in total. The highest BCUT2D eigenvalue weighted by Gasteiger charge is 2.11. The van der Waals surface area contributed by atoms with E-state index >= 15 is 0 Å². The van der Waals surface area contributed by atoms with Crippen LogP contribution in [0.3, 0.4) is 0 Å². The third-order valence-corrected chi connectivity index (χ3v) is 4.45. The maximum absolute atomic E-state index is 11.1. The van der Waals surface area contributed by atoms with Crippen LogP contribution >= 0.6 is 0 Å². The number of nitrogens with zero attached hydrogens (tertiary/aromatic N) is 3. The Bertz CT molecular complexity index is 1200. The maximum Gasteiger partial charge on any atom is 0.354 e. The molecule has 0 aliphatic rings. The monoisotopic (exact) mass is 404 g/mol. The normalized spacial score (nSPS) is 10.7. The van der Waals surface area contributed by atoms with Crippen LogP contribution < -0.4 is 15.0 Å². The Balaban J connectivity index is 1.50. The molecule has 0 atom stereocenters. The molecule has 0 bridgehead atoms. The lowest BCUT2D eigenvalue weighted by Gasteiger charge is -2.17. The molecule has 2 heterocycles. The Morgan fingerprint density at radius 1 is 1.13 bits per heavy atom. The Morgan fingerprint density at radius 3 is 2.73 bits per heavy atom. The summed E-state index contributed by atoms with van der Waals surface area (Å²) in [6, 6.07) is 16.7. The van der Waals surface area contributed by atoms with Crippen LogP contribution in [0.1, 0.15) is 16.1 Å². The molecule has 4 aromatic rings. The van der Waals surface area contributed by atoms with Gasteiger partial charge in [0.05, 0.1) is 0 Å². The van der Waals surface area contributed by atoms with Crippen LogP contribution in [0.15, 0.2) is 65.2 Å². The highest BCUT2D eigenvalue weighted by Crippen LogP contribution is 2.28. The summed E-state index contributed by atoms with van der Waals surface area (Å²) in [5.41, 5.74) is 3.41. The molecule has 0 spiro atoms. The van der Waals surface area contributed by atoms with E-state index < -0.39 is 5.97 Å². The Hall–Kier alpha value is -4.07. The van der Waals surface area contributed by atoms with Gasteiger partial charge in [-0.25, -0.2) is 9.78 Å². The van der Waals surface area contributed by atoms with Crippen LogP contribution in [0.4, 0.5) is 11.7 Å². The van der Waals surface area contributed by atoms with E-state index in [0.717, 1.165) is 11.3 Å². The Morgan fingerprint density at radius 2 is 1.93 bits per heavy atom. The first-order valence-corrected chi connectivity index (χ1v) is 9.26. The molecule has 0 aliphatic carbocycles. The number of aromatic carboxylic acids is 1. The molecule has 8 nitrogen and oxygen atoms in total. The van der Waals surface area contributed by atoms with E-state index in [2.05, 4.69) is 32.3 Å². The van der Waals surface area contributed by atoms with Crippen molar-refractivity contribution in [2.45, 2.75) is 6.54 Å². The molecule has 152 valence electrons. The van der Waals surface area contributed by atoms with Crippen LogP contribution in [0.25, 0.3) is 11.1 Å². The summed E-state index contributed by atoms with van der Waals surface area (Å²) in [5, 5.41) is 12.3. The minimum Gasteiger partial charge on any atom is -0.477 e. The van der Waals surface area contributed by atoms with Gasteiger partial charge in [0, 0.05) is 44.7 Å². The van der Waals surface area contributed by atoms with E-state index in [1.165, 1.54) is 12.3 Å². The van der Waals surface area contributed by atoms with E-state index in [1.807, 2.05) is 26.2 Å². The van der Waals surface area contributed by atoms with Crippen molar-refractivity contribution >= 4 is 28.8 Å². The van der Waals surface area contributed by atoms with Crippen molar-refractivity contribution in [2.75, 3.05) is 24.3 Å². The number of carbonyl (C=O) groups is 1. The molecule has 0 amide bonds. The van der Waals surface area contributed by atoms with Crippen LogP contribution in [0, 0.1) is 0 Å². The highest BCUT2D eigenvalue weighted by atomic mass is 16.5. The zero-order valence-corrected chi connectivity index (χ0v) is 16.5. The summed E-state index contributed by atoms with van der Waals surface area (Å²) < 4.78 is 11.5. The van der Waals surface area contributed by atoms with Crippen molar-refractivity contribution in [3.63, 3.8) is 0 Å². The first-order valence-electron chi connectivity index (χ1n) is 9.26. The van der Waals surface area contributed by atoms with Gasteiger partial charge in [-0.15, -0.1) is 0 Å². The lowest BCUT2D eigenvalue weighted by Crippen LogP contribution is -2.12. The van der Waals surface area contributed by atoms with Crippen molar-refractivity contribution in [3.8, 4) is 11.5 Å². The first kappa shape index (κ1) is 19.3. The van der Waals surface area contributed by atoms with Gasteiger partial charge in [0.25, 0.3) is 6.01 Å². The zero-order chi connectivity index (χ0) is 21.1. The van der Waals surface area contributed by atoms with Crippen LogP contribution in [-0.4, -0.2) is 35.1 Å². The zero-order valence-electron chi connectivity index (χ0n) is 16.5. The predicted molar refractivity (Wildman–Crippen MR) is 113 cm³/mol. The number of oxazole rings is 1. The van der Waals surface area contributed by atoms with E-state index in [1.54, 1.807) is 24.3 Å². The van der Waals surface area contributed by atoms with Gasteiger partial charge in [-0.2, -0.15) is 4.98 Å². The molecule has 0 saturated heterocycles. The minimum absolute atomic E-state index is 0.0854. The standard InChI is InChI=1S/C22H20N4O4/c1-26(2)19-6-4-3-5-14(19)13-24-22-25-17-8-7-15(12-20(17)30-22)29-16-9-10-23-18(11-16)21(27)28/h3-12H,13H2,1-2H3,(H,24,25)(H,27,28). The first-order chi connectivity index (χ1) is 14.5. The molecular formula is C22H20N4O4. The van der Waals surface area contributed by atoms with Gasteiger partial charge in [-0.05, 0) is 29.8 Å². The maximum atomic E-state index is 11.1. The summed E-state index contributed by atoms with van der Waals surface area (Å²) in [6.07, 6.45) is 1.39. The Kier molecular flexibility index (Phi) is 5.21. The number of rotatable bonds is 7. The molecule has 2 aromatic carbocycles. The number of nitrogens with one attached hydrogen (secondary N) is 1. The molecule has 0 radical (unpaired) electrons. The number of anilines is 2. The number of pyridine rings is 1. The lowest BCUT2D eigenvalue weighted by molar-refractivity contribution is 0.0690. The second-order valence-corrected chi connectivity index (χ2v) is 6.81. The van der Waals surface area contributed by atoms with Gasteiger partial charge < -0.3 is 24.5 Å². The average Bonchev–Trinajstić information content (AvgIpc) is 3.15. The van der Waals surface area contributed by atoms with Gasteiger partial charge >= 0.3 is 5.97 Å². The topological polar surface area (TPSA) is 101 Å². The SMILES string of the molecule is CN(C)c1ccccc1CNc1nc2ccc(Oc3ccnc(C(=O)O)c3)cc2o1. The van der Waals surface area contributed by atoms with E-state index in [4.69, 9.17) is 14.3 Å². The van der Waals surface area contributed by atoms with E-state index in [0.29, 0.717) is 35.2 Å². The fraction of sp³-hybridized carbons (Fsp3) is 0.136. The molecular weight excluding hydrogens is 384 g/mol. The number of benzene rings is 2. The summed E-state index contributed by atoms with van der Waals surface area (Å²) in [6.45, 7) is 0.569. The van der Waals surface area contributed by atoms with Crippen LogP contribution in [0.2, 0.25) is 0 Å². The summed E-state index contributed by atoms with van der Waals surface area (Å²) in [4.78, 5) is 21.3. The van der Waals surface area contributed by atoms with Gasteiger partial charge in [-0.3, -0.25) is 0 Å². The number of carboxylic acids is 1. The highest BCUT2D eigenvalue weighted by molar-refractivity contribution is 5.85. The van der Waals surface area contributed by atoms with E-state index in [9.17, 15) is 4.79 Å². The minimum atomic E-state index is -1.11. The average molecular weight is 404 g/mol. The second kappa shape index (κ2) is 8.12. The molecule has 2 aromatic heterocycles. The number of ether oxygens (including phenoxy) is 1. The van der Waals surface area contributed by atoms with Gasteiger partial charge in [0.1, 0.15) is 17.0 Å².